The average molecular weight is 290 g/mol. The molecule has 1 aliphatic rings. The van der Waals surface area contributed by atoms with E-state index in [1.165, 1.54) is 12.8 Å². The van der Waals surface area contributed by atoms with Crippen LogP contribution in [0.1, 0.15) is 59.7 Å². The molecule has 1 aromatic rings. The topological polar surface area (TPSA) is 49.8 Å². The summed E-state index contributed by atoms with van der Waals surface area (Å²) in [5.41, 5.74) is -0.0392. The Labute approximate surface area is 129 Å². The largest absolute Gasteiger partial charge is 0.370 e. The van der Waals surface area contributed by atoms with E-state index in [0.717, 1.165) is 48.8 Å². The van der Waals surface area contributed by atoms with Crippen molar-refractivity contribution in [1.29, 1.82) is 0 Å². The van der Waals surface area contributed by atoms with Crippen LogP contribution >= 0.6 is 0 Å². The van der Waals surface area contributed by atoms with Crippen LogP contribution in [-0.4, -0.2) is 23.1 Å². The van der Waals surface area contributed by atoms with Crippen LogP contribution in [0.2, 0.25) is 0 Å². The standard InChI is InChI=1S/C17H30N4/c1-6-9-18-14-10-15(19-11-12(2)13-7-8-13)21-16(20-14)17(3,4)5/h10,12-13H,6-9,11H2,1-5H3,(H2,18,19,20,21). The molecule has 0 spiro atoms. The molecular weight excluding hydrogens is 260 g/mol. The van der Waals surface area contributed by atoms with E-state index in [9.17, 15) is 0 Å². The normalized spacial score (nSPS) is 16.6. The molecule has 4 heteroatoms. The van der Waals surface area contributed by atoms with E-state index in [1.54, 1.807) is 0 Å². The Morgan fingerprint density at radius 2 is 1.81 bits per heavy atom. The summed E-state index contributed by atoms with van der Waals surface area (Å²) in [6.45, 7) is 12.9. The van der Waals surface area contributed by atoms with Crippen LogP contribution < -0.4 is 10.6 Å². The summed E-state index contributed by atoms with van der Waals surface area (Å²) in [5, 5.41) is 6.88. The second kappa shape index (κ2) is 6.63. The first-order chi connectivity index (χ1) is 9.90. The highest BCUT2D eigenvalue weighted by Crippen LogP contribution is 2.36. The minimum atomic E-state index is -0.0392. The Hall–Kier alpha value is -1.32. The highest BCUT2D eigenvalue weighted by molar-refractivity contribution is 5.48. The van der Waals surface area contributed by atoms with Crippen LogP contribution in [0.15, 0.2) is 6.07 Å². The minimum Gasteiger partial charge on any atom is -0.370 e. The minimum absolute atomic E-state index is 0.0392. The molecule has 0 aromatic carbocycles. The van der Waals surface area contributed by atoms with E-state index < -0.39 is 0 Å². The Morgan fingerprint density at radius 1 is 1.19 bits per heavy atom. The molecule has 1 saturated carbocycles. The summed E-state index contributed by atoms with van der Waals surface area (Å²) in [7, 11) is 0. The fourth-order valence-electron chi connectivity index (χ4n) is 2.31. The average Bonchev–Trinajstić information content (AvgIpc) is 3.26. The number of nitrogens with one attached hydrogen (secondary N) is 2. The molecule has 0 saturated heterocycles. The third-order valence-corrected chi connectivity index (χ3v) is 3.98. The zero-order chi connectivity index (χ0) is 15.5. The molecule has 2 N–H and O–H groups in total. The van der Waals surface area contributed by atoms with Gasteiger partial charge in [-0.3, -0.25) is 0 Å². The summed E-state index contributed by atoms with van der Waals surface area (Å²) in [5.74, 6) is 4.41. The Kier molecular flexibility index (Phi) is 5.07. The highest BCUT2D eigenvalue weighted by Gasteiger charge is 2.27. The van der Waals surface area contributed by atoms with Gasteiger partial charge in [-0.2, -0.15) is 0 Å². The number of aromatic nitrogens is 2. The molecule has 1 fully saturated rings. The van der Waals surface area contributed by atoms with Crippen molar-refractivity contribution < 1.29 is 0 Å². The van der Waals surface area contributed by atoms with Gasteiger partial charge in [-0.15, -0.1) is 0 Å². The van der Waals surface area contributed by atoms with Gasteiger partial charge in [0.2, 0.25) is 0 Å². The second-order valence-electron chi connectivity index (χ2n) is 7.33. The molecule has 0 radical (unpaired) electrons. The molecule has 1 aromatic heterocycles. The molecule has 1 heterocycles. The predicted molar refractivity (Wildman–Crippen MR) is 89.9 cm³/mol. The molecule has 0 aliphatic heterocycles. The van der Waals surface area contributed by atoms with Gasteiger partial charge < -0.3 is 10.6 Å². The van der Waals surface area contributed by atoms with Gasteiger partial charge in [0.05, 0.1) is 0 Å². The summed E-state index contributed by atoms with van der Waals surface area (Å²) in [4.78, 5) is 9.36. The van der Waals surface area contributed by atoms with Crippen molar-refractivity contribution in [1.82, 2.24) is 9.97 Å². The molecule has 1 unspecified atom stereocenters. The SMILES string of the molecule is CCCNc1cc(NCC(C)C2CC2)nc(C(C)(C)C)n1. The maximum atomic E-state index is 4.70. The van der Waals surface area contributed by atoms with Crippen molar-refractivity contribution in [2.24, 2.45) is 11.8 Å². The molecule has 0 bridgehead atoms. The van der Waals surface area contributed by atoms with E-state index in [0.29, 0.717) is 0 Å². The molecule has 1 atom stereocenters. The van der Waals surface area contributed by atoms with Gasteiger partial charge in [-0.1, -0.05) is 34.6 Å². The Bertz CT molecular complexity index is 460. The predicted octanol–water partition coefficient (Wildman–Crippen LogP) is 4.05. The number of anilines is 2. The second-order valence-corrected chi connectivity index (χ2v) is 7.33. The third kappa shape index (κ3) is 4.87. The molecule has 1 aliphatic carbocycles. The lowest BCUT2D eigenvalue weighted by molar-refractivity contribution is 0.531. The van der Waals surface area contributed by atoms with E-state index in [2.05, 4.69) is 50.2 Å². The summed E-state index contributed by atoms with van der Waals surface area (Å²) >= 11 is 0. The fraction of sp³-hybridized carbons (Fsp3) is 0.765. The first kappa shape index (κ1) is 16.1. The lowest BCUT2D eigenvalue weighted by Crippen LogP contribution is -2.20. The van der Waals surface area contributed by atoms with E-state index in [-0.39, 0.29) is 5.41 Å². The Morgan fingerprint density at radius 3 is 2.33 bits per heavy atom. The molecule has 0 amide bonds. The quantitative estimate of drug-likeness (QED) is 0.795. The van der Waals surface area contributed by atoms with Gasteiger partial charge >= 0.3 is 0 Å². The fourth-order valence-corrected chi connectivity index (χ4v) is 2.31. The maximum absolute atomic E-state index is 4.70. The molecule has 118 valence electrons. The van der Waals surface area contributed by atoms with Crippen molar-refractivity contribution in [3.63, 3.8) is 0 Å². The number of nitrogens with zero attached hydrogens (tertiary/aromatic N) is 2. The third-order valence-electron chi connectivity index (χ3n) is 3.98. The first-order valence-electron chi connectivity index (χ1n) is 8.27. The van der Waals surface area contributed by atoms with Gasteiger partial charge in [-0.05, 0) is 31.1 Å². The zero-order valence-corrected chi connectivity index (χ0v) is 14.2. The van der Waals surface area contributed by atoms with Crippen molar-refractivity contribution in [2.75, 3.05) is 23.7 Å². The summed E-state index contributed by atoms with van der Waals surface area (Å²) in [6, 6.07) is 2.03. The smallest absolute Gasteiger partial charge is 0.138 e. The van der Waals surface area contributed by atoms with Crippen LogP contribution in [0, 0.1) is 11.8 Å². The van der Waals surface area contributed by atoms with Crippen LogP contribution in [0.5, 0.6) is 0 Å². The summed E-state index contributed by atoms with van der Waals surface area (Å²) < 4.78 is 0. The number of hydrogen-bond donors (Lipinski definition) is 2. The van der Waals surface area contributed by atoms with Crippen LogP contribution in [0.3, 0.4) is 0 Å². The highest BCUT2D eigenvalue weighted by atomic mass is 15.1. The van der Waals surface area contributed by atoms with Crippen LogP contribution in [-0.2, 0) is 5.41 Å². The van der Waals surface area contributed by atoms with Gasteiger partial charge in [0.25, 0.3) is 0 Å². The van der Waals surface area contributed by atoms with Crippen molar-refractivity contribution in [3.8, 4) is 0 Å². The van der Waals surface area contributed by atoms with Gasteiger partial charge in [0.1, 0.15) is 17.5 Å². The van der Waals surface area contributed by atoms with Crippen molar-refractivity contribution >= 4 is 11.6 Å². The lowest BCUT2D eigenvalue weighted by Gasteiger charge is -2.20. The van der Waals surface area contributed by atoms with Gasteiger partial charge in [0, 0.05) is 24.6 Å². The number of hydrogen-bond acceptors (Lipinski definition) is 4. The molecule has 2 rings (SSSR count). The monoisotopic (exact) mass is 290 g/mol. The maximum Gasteiger partial charge on any atom is 0.138 e. The number of rotatable bonds is 7. The zero-order valence-electron chi connectivity index (χ0n) is 14.2. The van der Waals surface area contributed by atoms with E-state index in [4.69, 9.17) is 4.98 Å². The van der Waals surface area contributed by atoms with Gasteiger partial charge in [0.15, 0.2) is 0 Å². The lowest BCUT2D eigenvalue weighted by atomic mass is 9.96. The van der Waals surface area contributed by atoms with Crippen molar-refractivity contribution in [2.45, 2.75) is 59.3 Å². The van der Waals surface area contributed by atoms with Crippen LogP contribution in [0.4, 0.5) is 11.6 Å². The summed E-state index contributed by atoms with van der Waals surface area (Å²) in [6.07, 6.45) is 3.88. The first-order valence-corrected chi connectivity index (χ1v) is 8.27. The van der Waals surface area contributed by atoms with Crippen LogP contribution in [0.25, 0.3) is 0 Å². The van der Waals surface area contributed by atoms with E-state index in [1.807, 2.05) is 6.07 Å². The van der Waals surface area contributed by atoms with E-state index >= 15 is 0 Å². The van der Waals surface area contributed by atoms with Gasteiger partial charge in [-0.25, -0.2) is 9.97 Å². The molecule has 21 heavy (non-hydrogen) atoms. The Balaban J connectivity index is 2.09. The van der Waals surface area contributed by atoms with Crippen molar-refractivity contribution in [3.05, 3.63) is 11.9 Å². The molecular formula is C17H30N4. The molecule has 4 nitrogen and oxygen atoms in total.